The Hall–Kier alpha value is -4.10. The number of carboxylic acid groups (broad SMARTS) is 1. The number of amides is 1. The fraction of sp³-hybridized carbons (Fsp3) is 0.179. The molecule has 1 heterocycles. The Morgan fingerprint density at radius 3 is 2.47 bits per heavy atom. The molecule has 3 aromatic carbocycles. The summed E-state index contributed by atoms with van der Waals surface area (Å²) in [5.74, 6) is -0.405. The highest BCUT2D eigenvalue weighted by molar-refractivity contribution is 6.31. The topological polar surface area (TPSA) is 102 Å². The maximum absolute atomic E-state index is 12.6. The van der Waals surface area contributed by atoms with Crippen LogP contribution in [0.25, 0.3) is 11.3 Å². The summed E-state index contributed by atoms with van der Waals surface area (Å²) in [6.07, 6.45) is -0.542. The van der Waals surface area contributed by atoms with Crippen LogP contribution in [-0.2, 0) is 22.4 Å². The highest BCUT2D eigenvalue weighted by Crippen LogP contribution is 2.32. The van der Waals surface area contributed by atoms with Crippen LogP contribution in [0, 0.1) is 6.92 Å². The van der Waals surface area contributed by atoms with E-state index in [-0.39, 0.29) is 6.42 Å². The van der Waals surface area contributed by atoms with Crippen molar-refractivity contribution in [3.63, 3.8) is 0 Å². The van der Waals surface area contributed by atoms with Crippen LogP contribution in [-0.4, -0.2) is 22.3 Å². The number of aromatic nitrogens is 1. The number of anilines is 1. The van der Waals surface area contributed by atoms with Gasteiger partial charge >= 0.3 is 12.1 Å². The average molecular weight is 505 g/mol. The van der Waals surface area contributed by atoms with Gasteiger partial charge in [-0.3, -0.25) is 10.1 Å². The van der Waals surface area contributed by atoms with E-state index < -0.39 is 18.2 Å². The summed E-state index contributed by atoms with van der Waals surface area (Å²) >= 11 is 6.21. The van der Waals surface area contributed by atoms with Crippen molar-refractivity contribution >= 4 is 29.4 Å². The van der Waals surface area contributed by atoms with Gasteiger partial charge in [-0.15, -0.1) is 0 Å². The Labute approximate surface area is 213 Å². The fourth-order valence-corrected chi connectivity index (χ4v) is 4.21. The van der Waals surface area contributed by atoms with Crippen LogP contribution in [0.2, 0.25) is 5.02 Å². The molecule has 0 radical (unpaired) electrons. The number of hydrogen-bond acceptors (Lipinski definition) is 5. The van der Waals surface area contributed by atoms with E-state index in [1.54, 1.807) is 26.0 Å². The van der Waals surface area contributed by atoms with Crippen LogP contribution in [0.3, 0.4) is 0 Å². The zero-order valence-electron chi connectivity index (χ0n) is 19.8. The second kappa shape index (κ2) is 11.1. The molecular weight excluding hydrogens is 480 g/mol. The first-order valence-electron chi connectivity index (χ1n) is 11.4. The van der Waals surface area contributed by atoms with Crippen LogP contribution in [0.4, 0.5) is 10.5 Å². The van der Waals surface area contributed by atoms with Crippen molar-refractivity contribution in [2.75, 3.05) is 5.32 Å². The number of nitrogens with zero attached hydrogens (tertiary/aromatic N) is 1. The molecule has 0 saturated heterocycles. The van der Waals surface area contributed by atoms with Crippen molar-refractivity contribution in [1.82, 2.24) is 5.16 Å². The second-order valence-corrected chi connectivity index (χ2v) is 8.83. The van der Waals surface area contributed by atoms with E-state index in [0.29, 0.717) is 34.1 Å². The SMILES string of the molecule is Cc1onc(-c2ccc(Cc3cccc(CC(=O)O)c3)cc2)c1NC(=O)OC(C)c1ccccc1Cl. The van der Waals surface area contributed by atoms with Gasteiger partial charge in [-0.2, -0.15) is 0 Å². The summed E-state index contributed by atoms with van der Waals surface area (Å²) in [4.78, 5) is 23.6. The number of aliphatic carboxylic acids is 1. The minimum absolute atomic E-state index is 0.00628. The predicted molar refractivity (Wildman–Crippen MR) is 137 cm³/mol. The minimum atomic E-state index is -0.856. The number of halogens is 1. The third-order valence-corrected chi connectivity index (χ3v) is 6.04. The minimum Gasteiger partial charge on any atom is -0.481 e. The van der Waals surface area contributed by atoms with Crippen molar-refractivity contribution < 1.29 is 24.0 Å². The molecule has 0 aliphatic rings. The molecule has 4 aromatic rings. The smallest absolute Gasteiger partial charge is 0.412 e. The summed E-state index contributed by atoms with van der Waals surface area (Å²) in [7, 11) is 0. The molecule has 0 saturated carbocycles. The Balaban J connectivity index is 1.45. The van der Waals surface area contributed by atoms with Crippen LogP contribution >= 0.6 is 11.6 Å². The molecule has 0 bridgehead atoms. The molecule has 1 atom stereocenters. The van der Waals surface area contributed by atoms with E-state index in [0.717, 1.165) is 22.3 Å². The molecule has 0 aliphatic carbocycles. The lowest BCUT2D eigenvalue weighted by molar-refractivity contribution is -0.136. The Morgan fingerprint density at radius 1 is 1.03 bits per heavy atom. The van der Waals surface area contributed by atoms with E-state index in [2.05, 4.69) is 10.5 Å². The lowest BCUT2D eigenvalue weighted by Crippen LogP contribution is -2.17. The first kappa shape index (κ1) is 25.0. The van der Waals surface area contributed by atoms with Crippen LogP contribution < -0.4 is 5.32 Å². The van der Waals surface area contributed by atoms with Crippen molar-refractivity contribution in [3.05, 3.63) is 106 Å². The summed E-state index contributed by atoms with van der Waals surface area (Å²) in [6, 6.07) is 22.5. The average Bonchev–Trinajstić information content (AvgIpc) is 3.19. The molecule has 1 aromatic heterocycles. The molecule has 184 valence electrons. The maximum atomic E-state index is 12.6. The van der Waals surface area contributed by atoms with Gasteiger partial charge in [0.1, 0.15) is 17.5 Å². The molecule has 2 N–H and O–H groups in total. The lowest BCUT2D eigenvalue weighted by Gasteiger charge is -2.15. The van der Waals surface area contributed by atoms with Gasteiger partial charge in [0.05, 0.1) is 6.42 Å². The van der Waals surface area contributed by atoms with Gasteiger partial charge in [0, 0.05) is 16.1 Å². The number of ether oxygens (including phenoxy) is 1. The molecule has 7 nitrogen and oxygen atoms in total. The zero-order chi connectivity index (χ0) is 25.7. The van der Waals surface area contributed by atoms with Crippen molar-refractivity contribution in [2.45, 2.75) is 32.8 Å². The fourth-order valence-electron chi connectivity index (χ4n) is 3.92. The third-order valence-electron chi connectivity index (χ3n) is 5.70. The molecule has 4 rings (SSSR count). The number of aryl methyl sites for hydroxylation is 1. The number of nitrogens with one attached hydrogen (secondary N) is 1. The van der Waals surface area contributed by atoms with Crippen LogP contribution in [0.1, 0.15) is 41.0 Å². The number of rotatable bonds is 8. The molecular formula is C28H25ClN2O5. The monoisotopic (exact) mass is 504 g/mol. The summed E-state index contributed by atoms with van der Waals surface area (Å²) in [6.45, 7) is 3.46. The molecule has 0 spiro atoms. The van der Waals surface area contributed by atoms with Gasteiger partial charge in [-0.25, -0.2) is 4.79 Å². The van der Waals surface area contributed by atoms with E-state index in [1.165, 1.54) is 0 Å². The Bertz CT molecular complexity index is 1380. The van der Waals surface area contributed by atoms with Crippen LogP contribution in [0.15, 0.2) is 77.3 Å². The highest BCUT2D eigenvalue weighted by Gasteiger charge is 2.20. The summed E-state index contributed by atoms with van der Waals surface area (Å²) < 4.78 is 10.9. The molecule has 8 heteroatoms. The molecule has 1 amide bonds. The van der Waals surface area contributed by atoms with Crippen LogP contribution in [0.5, 0.6) is 0 Å². The van der Waals surface area contributed by atoms with Gasteiger partial charge in [0.2, 0.25) is 0 Å². The van der Waals surface area contributed by atoms with E-state index >= 15 is 0 Å². The Kier molecular flexibility index (Phi) is 7.71. The van der Waals surface area contributed by atoms with E-state index in [9.17, 15) is 9.59 Å². The maximum Gasteiger partial charge on any atom is 0.412 e. The van der Waals surface area contributed by atoms with E-state index in [1.807, 2.05) is 60.7 Å². The van der Waals surface area contributed by atoms with Gasteiger partial charge < -0.3 is 14.4 Å². The van der Waals surface area contributed by atoms with Gasteiger partial charge in [0.15, 0.2) is 5.76 Å². The quantitative estimate of drug-likeness (QED) is 0.272. The summed E-state index contributed by atoms with van der Waals surface area (Å²) in [5, 5.41) is 16.4. The first-order valence-corrected chi connectivity index (χ1v) is 11.7. The molecule has 36 heavy (non-hydrogen) atoms. The second-order valence-electron chi connectivity index (χ2n) is 8.42. The van der Waals surface area contributed by atoms with Crippen molar-refractivity contribution in [2.24, 2.45) is 0 Å². The third kappa shape index (κ3) is 6.12. The van der Waals surface area contributed by atoms with Gasteiger partial charge in [-0.05, 0) is 43.0 Å². The highest BCUT2D eigenvalue weighted by atomic mass is 35.5. The van der Waals surface area contributed by atoms with Gasteiger partial charge in [0.25, 0.3) is 0 Å². The molecule has 0 aliphatic heterocycles. The number of benzene rings is 3. The standard InChI is InChI=1S/C28H25ClN2O5/c1-17(23-8-3-4-9-24(23)29)35-28(34)30-26-18(2)36-31-27(26)22-12-10-19(11-13-22)14-20-6-5-7-21(15-20)16-25(32)33/h3-13,15,17H,14,16H2,1-2H3,(H,30,34)(H,32,33). The predicted octanol–water partition coefficient (Wildman–Crippen LogP) is 6.83. The largest absolute Gasteiger partial charge is 0.481 e. The Morgan fingerprint density at radius 2 is 1.75 bits per heavy atom. The molecule has 1 unspecified atom stereocenters. The first-order chi connectivity index (χ1) is 17.3. The number of carbonyl (C=O) groups is 2. The lowest BCUT2D eigenvalue weighted by atomic mass is 10.00. The zero-order valence-corrected chi connectivity index (χ0v) is 20.6. The number of carbonyl (C=O) groups excluding carboxylic acids is 1. The van der Waals surface area contributed by atoms with Gasteiger partial charge in [-0.1, -0.05) is 83.5 Å². The number of carboxylic acids is 1. The summed E-state index contributed by atoms with van der Waals surface area (Å²) in [5.41, 5.74) is 5.24. The number of hydrogen-bond donors (Lipinski definition) is 2. The van der Waals surface area contributed by atoms with Crippen molar-refractivity contribution in [1.29, 1.82) is 0 Å². The normalized spacial score (nSPS) is 11.6. The molecule has 0 fully saturated rings. The van der Waals surface area contributed by atoms with Crippen molar-refractivity contribution in [3.8, 4) is 11.3 Å². The van der Waals surface area contributed by atoms with E-state index in [4.69, 9.17) is 26.0 Å².